The third-order valence-corrected chi connectivity index (χ3v) is 4.46. The van der Waals surface area contributed by atoms with Gasteiger partial charge in [0.2, 0.25) is 11.8 Å². The highest BCUT2D eigenvalue weighted by Gasteiger charge is 2.22. The van der Waals surface area contributed by atoms with Crippen molar-refractivity contribution in [3.8, 4) is 17.6 Å². The Balaban J connectivity index is 1.86. The molecule has 0 aromatic heterocycles. The predicted molar refractivity (Wildman–Crippen MR) is 114 cm³/mol. The minimum absolute atomic E-state index is 0.00156. The first-order valence-corrected chi connectivity index (χ1v) is 9.90. The van der Waals surface area contributed by atoms with Crippen molar-refractivity contribution in [2.45, 2.75) is 26.3 Å². The molecule has 1 aromatic rings. The topological polar surface area (TPSA) is 94.9 Å². The Labute approximate surface area is 178 Å². The van der Waals surface area contributed by atoms with Crippen LogP contribution in [0.1, 0.15) is 26.3 Å². The SMILES string of the molecule is COc1cc(/C=C/C(=O)N2CCN(CC(=O)NC(C)(C)C)CC2)ccc1OCC#N. The van der Waals surface area contributed by atoms with E-state index in [1.54, 1.807) is 29.2 Å². The lowest BCUT2D eigenvalue weighted by atomic mass is 10.1. The van der Waals surface area contributed by atoms with Gasteiger partial charge in [0, 0.05) is 37.8 Å². The van der Waals surface area contributed by atoms with Crippen LogP contribution in [-0.2, 0) is 9.59 Å². The molecular weight excluding hydrogens is 384 g/mol. The van der Waals surface area contributed by atoms with Gasteiger partial charge in [-0.2, -0.15) is 5.26 Å². The van der Waals surface area contributed by atoms with Crippen LogP contribution in [0.15, 0.2) is 24.3 Å². The molecule has 0 unspecified atom stereocenters. The molecule has 1 N–H and O–H groups in total. The van der Waals surface area contributed by atoms with Crippen LogP contribution in [-0.4, -0.2) is 73.6 Å². The number of carbonyl (C=O) groups excluding carboxylic acids is 2. The van der Waals surface area contributed by atoms with Crippen LogP contribution >= 0.6 is 0 Å². The summed E-state index contributed by atoms with van der Waals surface area (Å²) in [7, 11) is 1.52. The van der Waals surface area contributed by atoms with Crippen molar-refractivity contribution < 1.29 is 19.1 Å². The maximum Gasteiger partial charge on any atom is 0.246 e. The van der Waals surface area contributed by atoms with Crippen molar-refractivity contribution in [1.29, 1.82) is 5.26 Å². The van der Waals surface area contributed by atoms with E-state index in [0.29, 0.717) is 44.2 Å². The molecule has 1 aromatic carbocycles. The molecule has 1 aliphatic heterocycles. The fraction of sp³-hybridized carbons (Fsp3) is 0.500. The normalized spacial score (nSPS) is 15.0. The molecule has 1 fully saturated rings. The summed E-state index contributed by atoms with van der Waals surface area (Å²) in [5.74, 6) is 0.909. The minimum atomic E-state index is -0.248. The number of hydrogen-bond acceptors (Lipinski definition) is 6. The molecule has 8 nitrogen and oxygen atoms in total. The first kappa shape index (κ1) is 23.2. The van der Waals surface area contributed by atoms with Crippen LogP contribution in [0.3, 0.4) is 0 Å². The van der Waals surface area contributed by atoms with Crippen LogP contribution in [0.4, 0.5) is 0 Å². The third-order valence-electron chi connectivity index (χ3n) is 4.46. The Morgan fingerprint density at radius 2 is 1.90 bits per heavy atom. The van der Waals surface area contributed by atoms with Crippen molar-refractivity contribution in [2.24, 2.45) is 0 Å². The van der Waals surface area contributed by atoms with Gasteiger partial charge in [-0.1, -0.05) is 6.07 Å². The fourth-order valence-corrected chi connectivity index (χ4v) is 3.08. The number of piperazine rings is 1. The molecule has 1 heterocycles. The highest BCUT2D eigenvalue weighted by atomic mass is 16.5. The monoisotopic (exact) mass is 414 g/mol. The van der Waals surface area contributed by atoms with Crippen LogP contribution in [0.25, 0.3) is 6.08 Å². The smallest absolute Gasteiger partial charge is 0.246 e. The number of nitrogens with one attached hydrogen (secondary N) is 1. The number of rotatable bonds is 7. The van der Waals surface area contributed by atoms with Gasteiger partial charge in [0.1, 0.15) is 6.07 Å². The minimum Gasteiger partial charge on any atom is -0.493 e. The van der Waals surface area contributed by atoms with E-state index in [2.05, 4.69) is 10.2 Å². The standard InChI is InChI=1S/C22H30N4O4/c1-22(2,3)24-20(27)16-25-10-12-26(13-11-25)21(28)8-6-17-5-7-18(30-14-9-23)19(15-17)29-4/h5-8,15H,10-14,16H2,1-4H3,(H,24,27)/b8-6+. The Kier molecular flexibility index (Phi) is 8.25. The average Bonchev–Trinajstić information content (AvgIpc) is 2.69. The van der Waals surface area contributed by atoms with Crippen LogP contribution in [0, 0.1) is 11.3 Å². The second kappa shape index (κ2) is 10.6. The molecule has 1 aliphatic rings. The zero-order valence-corrected chi connectivity index (χ0v) is 18.1. The number of nitrogens with zero attached hydrogens (tertiary/aromatic N) is 3. The second-order valence-electron chi connectivity index (χ2n) is 8.09. The molecule has 162 valence electrons. The van der Waals surface area contributed by atoms with Gasteiger partial charge < -0.3 is 19.7 Å². The van der Waals surface area contributed by atoms with E-state index < -0.39 is 0 Å². The zero-order chi connectivity index (χ0) is 22.1. The van der Waals surface area contributed by atoms with Crippen molar-refractivity contribution in [1.82, 2.24) is 15.1 Å². The Morgan fingerprint density at radius 1 is 1.20 bits per heavy atom. The highest BCUT2D eigenvalue weighted by Crippen LogP contribution is 2.28. The largest absolute Gasteiger partial charge is 0.493 e. The summed E-state index contributed by atoms with van der Waals surface area (Å²) in [4.78, 5) is 28.4. The Hall–Kier alpha value is -3.05. The number of methoxy groups -OCH3 is 1. The van der Waals surface area contributed by atoms with Gasteiger partial charge >= 0.3 is 0 Å². The lowest BCUT2D eigenvalue weighted by molar-refractivity contribution is -0.128. The number of ether oxygens (including phenoxy) is 2. The molecule has 0 radical (unpaired) electrons. The maximum atomic E-state index is 12.5. The van der Waals surface area contributed by atoms with Crippen LogP contribution < -0.4 is 14.8 Å². The first-order valence-electron chi connectivity index (χ1n) is 9.90. The molecule has 2 rings (SSSR count). The van der Waals surface area contributed by atoms with E-state index >= 15 is 0 Å². The average molecular weight is 415 g/mol. The van der Waals surface area contributed by atoms with E-state index in [9.17, 15) is 9.59 Å². The molecule has 0 atom stereocenters. The summed E-state index contributed by atoms with van der Waals surface area (Å²) in [6.45, 7) is 8.63. The van der Waals surface area contributed by atoms with Gasteiger partial charge in [0.15, 0.2) is 18.1 Å². The van der Waals surface area contributed by atoms with Crippen LogP contribution in [0.2, 0.25) is 0 Å². The van der Waals surface area contributed by atoms with E-state index in [1.807, 2.05) is 26.8 Å². The van der Waals surface area contributed by atoms with E-state index in [1.165, 1.54) is 13.2 Å². The molecule has 30 heavy (non-hydrogen) atoms. The van der Waals surface area contributed by atoms with Crippen molar-refractivity contribution in [3.05, 3.63) is 29.8 Å². The summed E-state index contributed by atoms with van der Waals surface area (Å²) < 4.78 is 10.6. The molecule has 0 spiro atoms. The Morgan fingerprint density at radius 3 is 2.50 bits per heavy atom. The van der Waals surface area contributed by atoms with E-state index in [-0.39, 0.29) is 24.0 Å². The number of benzene rings is 1. The predicted octanol–water partition coefficient (Wildman–Crippen LogP) is 1.67. The summed E-state index contributed by atoms with van der Waals surface area (Å²) in [6.07, 6.45) is 3.26. The number of carbonyl (C=O) groups is 2. The molecule has 0 aliphatic carbocycles. The molecule has 8 heteroatoms. The van der Waals surface area contributed by atoms with Gasteiger partial charge in [-0.25, -0.2) is 0 Å². The number of amides is 2. The van der Waals surface area contributed by atoms with E-state index in [0.717, 1.165) is 5.56 Å². The summed E-state index contributed by atoms with van der Waals surface area (Å²) in [5, 5.41) is 11.6. The van der Waals surface area contributed by atoms with Crippen molar-refractivity contribution in [2.75, 3.05) is 46.4 Å². The van der Waals surface area contributed by atoms with Gasteiger partial charge in [-0.3, -0.25) is 14.5 Å². The zero-order valence-electron chi connectivity index (χ0n) is 18.1. The molecule has 2 amide bonds. The lowest BCUT2D eigenvalue weighted by Gasteiger charge is -2.34. The first-order chi connectivity index (χ1) is 14.2. The lowest BCUT2D eigenvalue weighted by Crippen LogP contribution is -2.52. The molecular formula is C22H30N4O4. The van der Waals surface area contributed by atoms with Crippen LogP contribution in [0.5, 0.6) is 11.5 Å². The molecule has 1 saturated heterocycles. The molecule has 0 saturated carbocycles. The maximum absolute atomic E-state index is 12.5. The van der Waals surface area contributed by atoms with E-state index in [4.69, 9.17) is 14.7 Å². The fourth-order valence-electron chi connectivity index (χ4n) is 3.08. The van der Waals surface area contributed by atoms with Gasteiger partial charge in [0.25, 0.3) is 0 Å². The molecule has 0 bridgehead atoms. The summed E-state index contributed by atoms with van der Waals surface area (Å²) in [5.41, 5.74) is 0.546. The van der Waals surface area contributed by atoms with Crippen molar-refractivity contribution >= 4 is 17.9 Å². The summed E-state index contributed by atoms with van der Waals surface area (Å²) >= 11 is 0. The van der Waals surface area contributed by atoms with Gasteiger partial charge in [-0.15, -0.1) is 0 Å². The highest BCUT2D eigenvalue weighted by molar-refractivity contribution is 5.92. The van der Waals surface area contributed by atoms with Crippen molar-refractivity contribution in [3.63, 3.8) is 0 Å². The number of nitriles is 1. The quantitative estimate of drug-likeness (QED) is 0.682. The second-order valence-corrected chi connectivity index (χ2v) is 8.09. The van der Waals surface area contributed by atoms with Gasteiger partial charge in [-0.05, 0) is 44.5 Å². The third kappa shape index (κ3) is 7.41. The van der Waals surface area contributed by atoms with Gasteiger partial charge in [0.05, 0.1) is 13.7 Å². The number of hydrogen-bond donors (Lipinski definition) is 1. The Bertz CT molecular complexity index is 815. The summed E-state index contributed by atoms with van der Waals surface area (Å²) in [6, 6.07) is 7.17.